The summed E-state index contributed by atoms with van der Waals surface area (Å²) in [5.41, 5.74) is -0.244. The number of carbonyl (C=O) groups is 1. The van der Waals surface area contributed by atoms with Crippen molar-refractivity contribution in [2.24, 2.45) is 0 Å². The first-order valence-corrected chi connectivity index (χ1v) is 6.84. The molecule has 3 nitrogen and oxygen atoms in total. The second-order valence-corrected chi connectivity index (χ2v) is 6.37. The Hall–Kier alpha value is -0.0187. The predicted octanol–water partition coefficient (Wildman–Crippen LogP) is 0.431. The minimum Gasteiger partial charge on any atom is -0.445 e. The topological polar surface area (TPSA) is 29.5 Å². The van der Waals surface area contributed by atoms with Gasteiger partial charge in [-0.25, -0.2) is 4.79 Å². The van der Waals surface area contributed by atoms with Crippen molar-refractivity contribution in [3.63, 3.8) is 0 Å². The maximum atomic E-state index is 12.8. The van der Waals surface area contributed by atoms with Gasteiger partial charge in [0, 0.05) is 6.04 Å². The molecule has 1 aromatic carbocycles. The summed E-state index contributed by atoms with van der Waals surface area (Å²) in [7, 11) is 0. The zero-order valence-corrected chi connectivity index (χ0v) is 16.6. The standard InChI is InChI=1S/C14H18BF3NO2.K/c1-9-7-10-8-11(15(16,17)18)5-6-12(10)19(9)13(20)21-14(2,3)4;/h5-6,8-9H,7H2,1-4H3;/q-1;+1/t9-;/m0./s1. The second kappa shape index (κ2) is 6.85. The Balaban J connectivity index is 0.00000242. The van der Waals surface area contributed by atoms with Gasteiger partial charge < -0.3 is 17.7 Å². The van der Waals surface area contributed by atoms with Gasteiger partial charge in [0.2, 0.25) is 0 Å². The fraction of sp³-hybridized carbons (Fsp3) is 0.500. The van der Waals surface area contributed by atoms with Gasteiger partial charge in [-0.3, -0.25) is 4.90 Å². The third-order valence-corrected chi connectivity index (χ3v) is 3.29. The molecule has 0 unspecified atom stereocenters. The third kappa shape index (κ3) is 4.50. The van der Waals surface area contributed by atoms with E-state index in [1.54, 1.807) is 27.7 Å². The Morgan fingerprint density at radius 3 is 2.41 bits per heavy atom. The zero-order valence-electron chi connectivity index (χ0n) is 13.5. The molecule has 8 heteroatoms. The largest absolute Gasteiger partial charge is 1.00 e. The summed E-state index contributed by atoms with van der Waals surface area (Å²) in [5, 5.41) is 0. The van der Waals surface area contributed by atoms with Crippen LogP contribution in [-0.4, -0.2) is 24.7 Å². The number of rotatable bonds is 1. The Morgan fingerprint density at radius 1 is 1.32 bits per heavy atom. The van der Waals surface area contributed by atoms with E-state index >= 15 is 0 Å². The molecule has 116 valence electrons. The van der Waals surface area contributed by atoms with E-state index in [2.05, 4.69) is 0 Å². The Morgan fingerprint density at radius 2 is 1.91 bits per heavy atom. The Bertz CT molecular complexity index is 572. The van der Waals surface area contributed by atoms with Crippen molar-refractivity contribution in [1.29, 1.82) is 0 Å². The molecule has 22 heavy (non-hydrogen) atoms. The first-order valence-electron chi connectivity index (χ1n) is 6.84. The van der Waals surface area contributed by atoms with Crippen molar-refractivity contribution < 1.29 is 73.9 Å². The van der Waals surface area contributed by atoms with Gasteiger partial charge in [-0.15, -0.1) is 5.46 Å². The van der Waals surface area contributed by atoms with Crippen LogP contribution in [0.5, 0.6) is 0 Å². The van der Waals surface area contributed by atoms with E-state index in [1.165, 1.54) is 11.0 Å². The van der Waals surface area contributed by atoms with Crippen LogP contribution in [0, 0.1) is 0 Å². The molecule has 0 N–H and O–H groups in total. The summed E-state index contributed by atoms with van der Waals surface area (Å²) >= 11 is 0. The van der Waals surface area contributed by atoms with Crippen molar-refractivity contribution in [2.45, 2.75) is 45.8 Å². The summed E-state index contributed by atoms with van der Waals surface area (Å²) in [6.45, 7) is 2.02. The van der Waals surface area contributed by atoms with Crippen LogP contribution in [-0.2, 0) is 11.2 Å². The number of benzene rings is 1. The minimum absolute atomic E-state index is 0. The summed E-state index contributed by atoms with van der Waals surface area (Å²) in [5.74, 6) is 0. The average molecular weight is 339 g/mol. The molecule has 0 radical (unpaired) electrons. The summed E-state index contributed by atoms with van der Waals surface area (Å²) < 4.78 is 43.7. The smallest absolute Gasteiger partial charge is 0.445 e. The molecule has 1 amide bonds. The third-order valence-electron chi connectivity index (χ3n) is 3.29. The molecule has 1 aliphatic heterocycles. The van der Waals surface area contributed by atoms with Gasteiger partial charge in [-0.05, 0) is 45.7 Å². The molecular weight excluding hydrogens is 321 g/mol. The summed E-state index contributed by atoms with van der Waals surface area (Å²) in [6, 6.07) is 3.29. The van der Waals surface area contributed by atoms with Crippen LogP contribution in [0.2, 0.25) is 0 Å². The molecular formula is C14H18BF3KNO2. The molecule has 1 aliphatic rings. The van der Waals surface area contributed by atoms with E-state index < -0.39 is 24.1 Å². The van der Waals surface area contributed by atoms with Gasteiger partial charge in [-0.1, -0.05) is 12.1 Å². The van der Waals surface area contributed by atoms with Crippen LogP contribution < -0.4 is 61.7 Å². The Kier molecular flexibility index (Phi) is 6.23. The van der Waals surface area contributed by atoms with Crippen LogP contribution in [0.15, 0.2) is 18.2 Å². The normalized spacial score (nSPS) is 17.8. The molecule has 0 aliphatic carbocycles. The molecule has 1 heterocycles. The first kappa shape index (κ1) is 20.0. The first-order chi connectivity index (χ1) is 9.49. The van der Waals surface area contributed by atoms with Gasteiger partial charge in [0.15, 0.2) is 0 Å². The summed E-state index contributed by atoms with van der Waals surface area (Å²) in [6.07, 6.45) is -0.131. The number of hydrogen-bond donors (Lipinski definition) is 0. The maximum Gasteiger partial charge on any atom is 1.00 e. The molecule has 0 bridgehead atoms. The van der Waals surface area contributed by atoms with Gasteiger partial charge in [-0.2, -0.15) is 0 Å². The Labute approximate surface area is 171 Å². The number of fused-ring (bicyclic) bond motifs is 1. The van der Waals surface area contributed by atoms with Crippen LogP contribution >= 0.6 is 0 Å². The zero-order chi connectivity index (χ0) is 16.0. The SMILES string of the molecule is C[C@H]1Cc2cc([B-](F)(F)F)ccc2N1C(=O)OC(C)(C)C.[K+]. The van der Waals surface area contributed by atoms with E-state index in [4.69, 9.17) is 4.74 Å². The molecule has 0 saturated carbocycles. The number of ether oxygens (including phenoxy) is 1. The monoisotopic (exact) mass is 339 g/mol. The molecule has 0 spiro atoms. The van der Waals surface area contributed by atoms with Crippen molar-refractivity contribution in [3.8, 4) is 0 Å². The van der Waals surface area contributed by atoms with Gasteiger partial charge in [0.1, 0.15) is 5.60 Å². The van der Waals surface area contributed by atoms with Gasteiger partial charge in [0.25, 0.3) is 0 Å². The molecule has 0 aromatic heterocycles. The number of anilines is 1. The molecule has 2 rings (SSSR count). The van der Waals surface area contributed by atoms with Crippen molar-refractivity contribution in [1.82, 2.24) is 0 Å². The van der Waals surface area contributed by atoms with E-state index in [-0.39, 0.29) is 57.4 Å². The molecule has 0 saturated heterocycles. The number of amides is 1. The average Bonchev–Trinajstić information content (AvgIpc) is 2.59. The van der Waals surface area contributed by atoms with Gasteiger partial charge >= 0.3 is 64.5 Å². The van der Waals surface area contributed by atoms with Crippen LogP contribution in [0.25, 0.3) is 0 Å². The maximum absolute atomic E-state index is 12.8. The second-order valence-electron chi connectivity index (χ2n) is 6.37. The van der Waals surface area contributed by atoms with Crippen LogP contribution in [0.3, 0.4) is 0 Å². The van der Waals surface area contributed by atoms with Crippen LogP contribution in [0.1, 0.15) is 33.3 Å². The van der Waals surface area contributed by atoms with E-state index in [1.807, 2.05) is 0 Å². The van der Waals surface area contributed by atoms with E-state index in [0.29, 0.717) is 17.7 Å². The summed E-state index contributed by atoms with van der Waals surface area (Å²) in [4.78, 5) is 13.6. The van der Waals surface area contributed by atoms with E-state index in [9.17, 15) is 17.7 Å². The molecule has 1 aromatic rings. The van der Waals surface area contributed by atoms with Crippen molar-refractivity contribution in [3.05, 3.63) is 23.8 Å². The van der Waals surface area contributed by atoms with Crippen molar-refractivity contribution >= 4 is 24.2 Å². The number of nitrogens with zero attached hydrogens (tertiary/aromatic N) is 1. The molecule has 0 fully saturated rings. The van der Waals surface area contributed by atoms with Gasteiger partial charge in [0.05, 0.1) is 5.69 Å². The fourth-order valence-electron chi connectivity index (χ4n) is 2.44. The quantitative estimate of drug-likeness (QED) is 0.695. The van der Waals surface area contributed by atoms with E-state index in [0.717, 1.165) is 12.1 Å². The van der Waals surface area contributed by atoms with Crippen molar-refractivity contribution in [2.75, 3.05) is 4.90 Å². The fourth-order valence-corrected chi connectivity index (χ4v) is 2.44. The predicted molar refractivity (Wildman–Crippen MR) is 77.0 cm³/mol. The molecule has 1 atom stereocenters. The number of carbonyl (C=O) groups excluding carboxylic acids is 1. The number of halogens is 3. The van der Waals surface area contributed by atoms with Crippen LogP contribution in [0.4, 0.5) is 23.4 Å². The number of hydrogen-bond acceptors (Lipinski definition) is 2. The minimum atomic E-state index is -5.03.